The molecule has 0 aliphatic carbocycles. The van der Waals surface area contributed by atoms with E-state index in [-0.39, 0.29) is 28.2 Å². The second kappa shape index (κ2) is 11.4. The first-order valence-corrected chi connectivity index (χ1v) is 11.3. The van der Waals surface area contributed by atoms with Crippen LogP contribution in [0.1, 0.15) is 20.7 Å². The molecule has 0 saturated heterocycles. The zero-order chi connectivity index (χ0) is 24.7. The summed E-state index contributed by atoms with van der Waals surface area (Å²) in [5.41, 5.74) is 1.21. The van der Waals surface area contributed by atoms with Gasteiger partial charge in [0.25, 0.3) is 5.91 Å². The third-order valence-corrected chi connectivity index (χ3v) is 5.91. The maximum atomic E-state index is 12.6. The van der Waals surface area contributed by atoms with Crippen molar-refractivity contribution in [2.45, 2.75) is 4.90 Å². The Labute approximate surface area is 205 Å². The number of benzene rings is 3. The molecule has 10 heteroatoms. The van der Waals surface area contributed by atoms with E-state index >= 15 is 0 Å². The van der Waals surface area contributed by atoms with Crippen LogP contribution < -0.4 is 20.1 Å². The quantitative estimate of drug-likeness (QED) is 0.353. The van der Waals surface area contributed by atoms with Crippen molar-refractivity contribution in [3.8, 4) is 11.5 Å². The number of methoxy groups -OCH3 is 2. The Kier molecular flexibility index (Phi) is 8.39. The number of thioether (sulfide) groups is 1. The summed E-state index contributed by atoms with van der Waals surface area (Å²) in [6, 6.07) is 16.2. The van der Waals surface area contributed by atoms with Crippen molar-refractivity contribution < 1.29 is 29.0 Å². The summed E-state index contributed by atoms with van der Waals surface area (Å²) in [6.07, 6.45) is 0. The molecule has 34 heavy (non-hydrogen) atoms. The molecule has 0 heterocycles. The van der Waals surface area contributed by atoms with Crippen molar-refractivity contribution >= 4 is 52.5 Å². The van der Waals surface area contributed by atoms with E-state index < -0.39 is 5.97 Å². The molecule has 0 aliphatic heterocycles. The van der Waals surface area contributed by atoms with E-state index in [1.54, 1.807) is 36.4 Å². The van der Waals surface area contributed by atoms with Crippen molar-refractivity contribution in [2.75, 3.05) is 30.6 Å². The van der Waals surface area contributed by atoms with E-state index in [1.165, 1.54) is 44.2 Å². The smallest absolute Gasteiger partial charge is 0.337 e. The number of carbonyl (C=O) groups excluding carboxylic acids is 2. The van der Waals surface area contributed by atoms with Gasteiger partial charge >= 0.3 is 5.97 Å². The van der Waals surface area contributed by atoms with E-state index in [2.05, 4.69) is 10.6 Å². The molecule has 8 nitrogen and oxygen atoms in total. The van der Waals surface area contributed by atoms with E-state index in [4.69, 9.17) is 26.2 Å². The van der Waals surface area contributed by atoms with Gasteiger partial charge in [-0.05, 0) is 54.6 Å². The molecular formula is C24H21ClN2O6S. The topological polar surface area (TPSA) is 114 Å². The number of rotatable bonds is 9. The van der Waals surface area contributed by atoms with Crippen molar-refractivity contribution in [3.63, 3.8) is 0 Å². The molecular weight excluding hydrogens is 480 g/mol. The van der Waals surface area contributed by atoms with Gasteiger partial charge in [-0.3, -0.25) is 9.59 Å². The lowest BCUT2D eigenvalue weighted by atomic mass is 10.2. The summed E-state index contributed by atoms with van der Waals surface area (Å²) in [5, 5.41) is 14.7. The average Bonchev–Trinajstić information content (AvgIpc) is 2.83. The summed E-state index contributed by atoms with van der Waals surface area (Å²) in [6.45, 7) is 0. The maximum absolute atomic E-state index is 12.6. The average molecular weight is 501 g/mol. The SMILES string of the molecule is COc1ccc(C(=O)Nc2cccc(SCC(=O)Nc3ccc(Cl)c(C(=O)O)c3)c2)cc1OC. The zero-order valence-electron chi connectivity index (χ0n) is 18.3. The van der Waals surface area contributed by atoms with Gasteiger partial charge in [-0.25, -0.2) is 4.79 Å². The highest BCUT2D eigenvalue weighted by Gasteiger charge is 2.13. The fraction of sp³-hybridized carbons (Fsp3) is 0.125. The van der Waals surface area contributed by atoms with Crippen LogP contribution in [0.3, 0.4) is 0 Å². The van der Waals surface area contributed by atoms with E-state index in [0.717, 1.165) is 4.90 Å². The molecule has 3 aromatic rings. The molecule has 0 fully saturated rings. The molecule has 2 amide bonds. The number of anilines is 2. The highest BCUT2D eigenvalue weighted by molar-refractivity contribution is 8.00. The fourth-order valence-corrected chi connectivity index (χ4v) is 3.91. The maximum Gasteiger partial charge on any atom is 0.337 e. The molecule has 0 atom stereocenters. The van der Waals surface area contributed by atoms with Gasteiger partial charge < -0.3 is 25.2 Å². The molecule has 0 saturated carbocycles. The number of nitrogens with one attached hydrogen (secondary N) is 2. The predicted molar refractivity (Wildman–Crippen MR) is 132 cm³/mol. The fourth-order valence-electron chi connectivity index (χ4n) is 2.96. The summed E-state index contributed by atoms with van der Waals surface area (Å²) in [7, 11) is 3.01. The number of hydrogen-bond donors (Lipinski definition) is 3. The van der Waals surface area contributed by atoms with Crippen LogP contribution in [0.5, 0.6) is 11.5 Å². The van der Waals surface area contributed by atoms with Crippen LogP contribution in [0.2, 0.25) is 5.02 Å². The molecule has 3 rings (SSSR count). The molecule has 0 radical (unpaired) electrons. The minimum Gasteiger partial charge on any atom is -0.493 e. The largest absolute Gasteiger partial charge is 0.493 e. The van der Waals surface area contributed by atoms with E-state index in [1.807, 2.05) is 6.07 Å². The van der Waals surface area contributed by atoms with Gasteiger partial charge in [-0.15, -0.1) is 11.8 Å². The van der Waals surface area contributed by atoms with Crippen LogP contribution in [0.4, 0.5) is 11.4 Å². The zero-order valence-corrected chi connectivity index (χ0v) is 19.8. The number of carboxylic acids is 1. The third kappa shape index (κ3) is 6.43. The Hall–Kier alpha value is -3.69. The lowest BCUT2D eigenvalue weighted by molar-refractivity contribution is -0.113. The number of hydrogen-bond acceptors (Lipinski definition) is 6. The number of carbonyl (C=O) groups is 3. The second-order valence-corrected chi connectivity index (χ2v) is 8.34. The highest BCUT2D eigenvalue weighted by Crippen LogP contribution is 2.28. The first-order chi connectivity index (χ1) is 16.3. The summed E-state index contributed by atoms with van der Waals surface area (Å²) in [5.74, 6) is -0.767. The summed E-state index contributed by atoms with van der Waals surface area (Å²) in [4.78, 5) is 36.9. The molecule has 176 valence electrons. The van der Waals surface area contributed by atoms with Crippen LogP contribution in [0, 0.1) is 0 Å². The molecule has 0 aliphatic rings. The number of ether oxygens (including phenoxy) is 2. The van der Waals surface area contributed by atoms with Gasteiger partial charge in [0.15, 0.2) is 11.5 Å². The van der Waals surface area contributed by atoms with Crippen molar-refractivity contribution in [1.29, 1.82) is 0 Å². The minimum atomic E-state index is -1.18. The lowest BCUT2D eigenvalue weighted by Crippen LogP contribution is -2.14. The van der Waals surface area contributed by atoms with E-state index in [0.29, 0.717) is 28.4 Å². The van der Waals surface area contributed by atoms with Gasteiger partial charge in [-0.1, -0.05) is 17.7 Å². The van der Waals surface area contributed by atoms with Gasteiger partial charge in [0.2, 0.25) is 5.91 Å². The van der Waals surface area contributed by atoms with Crippen LogP contribution >= 0.6 is 23.4 Å². The molecule has 3 N–H and O–H groups in total. The van der Waals surface area contributed by atoms with Crippen LogP contribution in [-0.2, 0) is 4.79 Å². The Bertz CT molecular complexity index is 1230. The Balaban J connectivity index is 1.60. The van der Waals surface area contributed by atoms with Crippen LogP contribution in [-0.4, -0.2) is 42.9 Å². The molecule has 0 aromatic heterocycles. The van der Waals surface area contributed by atoms with Crippen LogP contribution in [0.15, 0.2) is 65.6 Å². The first kappa shape index (κ1) is 24.9. The molecule has 0 bridgehead atoms. The van der Waals surface area contributed by atoms with Crippen molar-refractivity contribution in [3.05, 3.63) is 76.8 Å². The summed E-state index contributed by atoms with van der Waals surface area (Å²) >= 11 is 7.12. The number of halogens is 1. The van der Waals surface area contributed by atoms with Crippen molar-refractivity contribution in [2.24, 2.45) is 0 Å². The Morgan fingerprint density at radius 1 is 0.912 bits per heavy atom. The van der Waals surface area contributed by atoms with Crippen molar-refractivity contribution in [1.82, 2.24) is 0 Å². The number of carboxylic acid groups (broad SMARTS) is 1. The Morgan fingerprint density at radius 2 is 1.65 bits per heavy atom. The molecule has 3 aromatic carbocycles. The normalized spacial score (nSPS) is 10.3. The van der Waals surface area contributed by atoms with Crippen LogP contribution in [0.25, 0.3) is 0 Å². The van der Waals surface area contributed by atoms with E-state index in [9.17, 15) is 14.4 Å². The third-order valence-electron chi connectivity index (χ3n) is 4.59. The van der Waals surface area contributed by atoms with Gasteiger partial charge in [0, 0.05) is 21.8 Å². The number of aromatic carboxylic acids is 1. The van der Waals surface area contributed by atoms with Gasteiger partial charge in [0.05, 0.1) is 30.6 Å². The Morgan fingerprint density at radius 3 is 2.35 bits per heavy atom. The highest BCUT2D eigenvalue weighted by atomic mass is 35.5. The molecule has 0 unspecified atom stereocenters. The first-order valence-electron chi connectivity index (χ1n) is 9.89. The summed E-state index contributed by atoms with van der Waals surface area (Å²) < 4.78 is 10.4. The predicted octanol–water partition coefficient (Wildman–Crippen LogP) is 5.04. The monoisotopic (exact) mass is 500 g/mol. The number of amides is 2. The second-order valence-electron chi connectivity index (χ2n) is 6.89. The van der Waals surface area contributed by atoms with Gasteiger partial charge in [0.1, 0.15) is 0 Å². The standard InChI is InChI=1S/C24H21ClN2O6S/c1-32-20-9-6-14(10-21(20)33-2)23(29)27-15-4-3-5-17(11-15)34-13-22(28)26-16-7-8-19(25)18(12-16)24(30)31/h3-12H,13H2,1-2H3,(H,26,28)(H,27,29)(H,30,31). The molecule has 0 spiro atoms. The van der Waals surface area contributed by atoms with Gasteiger partial charge in [-0.2, -0.15) is 0 Å². The minimum absolute atomic E-state index is 0.0815. The lowest BCUT2D eigenvalue weighted by Gasteiger charge is -2.11.